The van der Waals surface area contributed by atoms with Crippen molar-refractivity contribution in [2.75, 3.05) is 13.2 Å². The van der Waals surface area contributed by atoms with Crippen molar-refractivity contribution >= 4 is 17.9 Å². The van der Waals surface area contributed by atoms with Gasteiger partial charge < -0.3 is 14.2 Å². The Bertz CT molecular complexity index is 766. The summed E-state index contributed by atoms with van der Waals surface area (Å²) in [6, 6.07) is 0. The van der Waals surface area contributed by atoms with Crippen LogP contribution >= 0.6 is 0 Å². The molecule has 0 aromatic carbocycles. The molecule has 0 spiro atoms. The Kier molecular flexibility index (Phi) is 38.4. The van der Waals surface area contributed by atoms with Gasteiger partial charge >= 0.3 is 17.9 Å². The fraction of sp³-hybridized carbons (Fsp3) is 0.933. The van der Waals surface area contributed by atoms with Crippen LogP contribution < -0.4 is 0 Å². The smallest absolute Gasteiger partial charge is 0.306 e. The molecule has 0 N–H and O–H groups in total. The molecule has 0 aromatic rings. The summed E-state index contributed by atoms with van der Waals surface area (Å²) >= 11 is 0. The number of hydrogen-bond donors (Lipinski definition) is 0. The van der Waals surface area contributed by atoms with Gasteiger partial charge in [0.15, 0.2) is 6.10 Å². The van der Waals surface area contributed by atoms with Gasteiger partial charge in [-0.25, -0.2) is 0 Å². The van der Waals surface area contributed by atoms with Crippen molar-refractivity contribution in [3.8, 4) is 0 Å². The van der Waals surface area contributed by atoms with Crippen LogP contribution in [0.3, 0.4) is 0 Å². The fourth-order valence-corrected chi connectivity index (χ4v) is 6.63. The standard InChI is InChI=1S/C45H86O6/c1-5-7-9-11-12-13-14-15-16-17-18-19-22-25-29-32-36-43(46)49-39-42(51-45(48)38-34-27-10-8-6-2)40-50-44(47)37-33-30-26-23-20-21-24-28-31-35-41(3)4/h41-42H,5-40H2,1-4H3/t42-/m1/s1. The first kappa shape index (κ1) is 49.4. The largest absolute Gasteiger partial charge is 0.462 e. The summed E-state index contributed by atoms with van der Waals surface area (Å²) in [5.41, 5.74) is 0. The predicted molar refractivity (Wildman–Crippen MR) is 215 cm³/mol. The molecule has 302 valence electrons. The van der Waals surface area contributed by atoms with Crippen LogP contribution in [0.5, 0.6) is 0 Å². The van der Waals surface area contributed by atoms with E-state index in [0.29, 0.717) is 19.3 Å². The highest BCUT2D eigenvalue weighted by molar-refractivity contribution is 5.71. The van der Waals surface area contributed by atoms with E-state index in [1.807, 2.05) is 0 Å². The number of hydrogen-bond acceptors (Lipinski definition) is 6. The first-order chi connectivity index (χ1) is 24.9. The molecule has 0 radical (unpaired) electrons. The molecule has 0 unspecified atom stereocenters. The minimum absolute atomic E-state index is 0.0655. The van der Waals surface area contributed by atoms with E-state index in [2.05, 4.69) is 27.7 Å². The van der Waals surface area contributed by atoms with Crippen LogP contribution in [0.25, 0.3) is 0 Å². The molecule has 0 heterocycles. The Balaban J connectivity index is 4.13. The van der Waals surface area contributed by atoms with Crippen molar-refractivity contribution < 1.29 is 28.6 Å². The van der Waals surface area contributed by atoms with E-state index in [-0.39, 0.29) is 31.1 Å². The second-order valence-corrected chi connectivity index (χ2v) is 15.8. The number of esters is 3. The van der Waals surface area contributed by atoms with Crippen LogP contribution in [0.1, 0.15) is 246 Å². The molecule has 0 saturated heterocycles. The molecule has 6 heteroatoms. The monoisotopic (exact) mass is 723 g/mol. The van der Waals surface area contributed by atoms with E-state index < -0.39 is 6.10 Å². The summed E-state index contributed by atoms with van der Waals surface area (Å²) in [5, 5.41) is 0. The van der Waals surface area contributed by atoms with E-state index in [9.17, 15) is 14.4 Å². The van der Waals surface area contributed by atoms with Gasteiger partial charge in [-0.15, -0.1) is 0 Å². The Labute approximate surface area is 317 Å². The minimum Gasteiger partial charge on any atom is -0.462 e. The summed E-state index contributed by atoms with van der Waals surface area (Å²) < 4.78 is 16.6. The SMILES string of the molecule is CCCCCCCCCCCCCCCCCCC(=O)OC[C@H](COC(=O)CCCCCCCCCCCC(C)C)OC(=O)CCCCCCC. The number of ether oxygens (including phenoxy) is 3. The van der Waals surface area contributed by atoms with Crippen LogP contribution in [0, 0.1) is 5.92 Å². The second kappa shape index (κ2) is 39.6. The maximum Gasteiger partial charge on any atom is 0.306 e. The number of carbonyl (C=O) groups excluding carboxylic acids is 3. The lowest BCUT2D eigenvalue weighted by atomic mass is 10.0. The molecule has 0 aliphatic heterocycles. The molecule has 0 aliphatic carbocycles. The van der Waals surface area contributed by atoms with E-state index in [4.69, 9.17) is 14.2 Å². The number of unbranched alkanes of at least 4 members (excludes halogenated alkanes) is 27. The van der Waals surface area contributed by atoms with Crippen molar-refractivity contribution in [3.63, 3.8) is 0 Å². The summed E-state index contributed by atoms with van der Waals surface area (Å²) in [5.74, 6) is -0.0620. The van der Waals surface area contributed by atoms with E-state index in [1.54, 1.807) is 0 Å². The third-order valence-corrected chi connectivity index (χ3v) is 10.0. The van der Waals surface area contributed by atoms with Crippen LogP contribution in [-0.2, 0) is 28.6 Å². The van der Waals surface area contributed by atoms with Gasteiger partial charge in [0.05, 0.1) is 0 Å². The average Bonchev–Trinajstić information content (AvgIpc) is 3.11. The Morgan fingerprint density at radius 1 is 0.373 bits per heavy atom. The zero-order valence-corrected chi connectivity index (χ0v) is 34.6. The molecular formula is C45H86O6. The lowest BCUT2D eigenvalue weighted by Gasteiger charge is -2.18. The minimum atomic E-state index is -0.757. The molecule has 0 saturated carbocycles. The van der Waals surface area contributed by atoms with Gasteiger partial charge in [0, 0.05) is 19.3 Å². The number of carbonyl (C=O) groups is 3. The Morgan fingerprint density at radius 2 is 0.647 bits per heavy atom. The summed E-state index contributed by atoms with van der Waals surface area (Å²) in [6.45, 7) is 8.89. The topological polar surface area (TPSA) is 78.9 Å². The highest BCUT2D eigenvalue weighted by Gasteiger charge is 2.19. The van der Waals surface area contributed by atoms with Crippen molar-refractivity contribution in [1.82, 2.24) is 0 Å². The molecule has 0 rings (SSSR count). The zero-order valence-electron chi connectivity index (χ0n) is 34.6. The van der Waals surface area contributed by atoms with Crippen molar-refractivity contribution in [3.05, 3.63) is 0 Å². The van der Waals surface area contributed by atoms with Gasteiger partial charge in [0.25, 0.3) is 0 Å². The molecule has 51 heavy (non-hydrogen) atoms. The van der Waals surface area contributed by atoms with Crippen LogP contribution in [0.15, 0.2) is 0 Å². The first-order valence-electron chi connectivity index (χ1n) is 22.4. The third kappa shape index (κ3) is 39.5. The molecule has 0 fully saturated rings. The Morgan fingerprint density at radius 3 is 0.961 bits per heavy atom. The highest BCUT2D eigenvalue weighted by Crippen LogP contribution is 2.16. The van der Waals surface area contributed by atoms with Crippen molar-refractivity contribution in [2.24, 2.45) is 5.92 Å². The lowest BCUT2D eigenvalue weighted by Crippen LogP contribution is -2.30. The molecule has 6 nitrogen and oxygen atoms in total. The van der Waals surface area contributed by atoms with E-state index in [1.165, 1.54) is 135 Å². The summed E-state index contributed by atoms with van der Waals surface area (Å²) in [6.07, 6.45) is 38.3. The lowest BCUT2D eigenvalue weighted by molar-refractivity contribution is -0.167. The zero-order chi connectivity index (χ0) is 37.5. The van der Waals surface area contributed by atoms with Crippen molar-refractivity contribution in [1.29, 1.82) is 0 Å². The molecular weight excluding hydrogens is 636 g/mol. The van der Waals surface area contributed by atoms with Gasteiger partial charge in [-0.1, -0.05) is 207 Å². The second-order valence-electron chi connectivity index (χ2n) is 15.8. The molecule has 0 aromatic heterocycles. The van der Waals surface area contributed by atoms with Gasteiger partial charge in [-0.2, -0.15) is 0 Å². The molecule has 0 bridgehead atoms. The molecule has 0 amide bonds. The van der Waals surface area contributed by atoms with Gasteiger partial charge in [0.2, 0.25) is 0 Å². The number of rotatable bonds is 40. The molecule has 0 aliphatic rings. The fourth-order valence-electron chi connectivity index (χ4n) is 6.63. The third-order valence-electron chi connectivity index (χ3n) is 10.0. The van der Waals surface area contributed by atoms with Gasteiger partial charge in [-0.3, -0.25) is 14.4 Å². The predicted octanol–water partition coefficient (Wildman–Crippen LogP) is 13.9. The van der Waals surface area contributed by atoms with Crippen molar-refractivity contribution in [2.45, 2.75) is 252 Å². The highest BCUT2D eigenvalue weighted by atomic mass is 16.6. The molecule has 1 atom stereocenters. The normalized spacial score (nSPS) is 11.9. The quantitative estimate of drug-likeness (QED) is 0.0356. The van der Waals surface area contributed by atoms with E-state index in [0.717, 1.165) is 70.1 Å². The van der Waals surface area contributed by atoms with Gasteiger partial charge in [-0.05, 0) is 25.2 Å². The average molecular weight is 723 g/mol. The maximum atomic E-state index is 12.5. The van der Waals surface area contributed by atoms with Crippen LogP contribution in [0.2, 0.25) is 0 Å². The first-order valence-corrected chi connectivity index (χ1v) is 22.4. The summed E-state index contributed by atoms with van der Waals surface area (Å²) in [4.78, 5) is 37.4. The van der Waals surface area contributed by atoms with Crippen LogP contribution in [0.4, 0.5) is 0 Å². The van der Waals surface area contributed by atoms with Crippen LogP contribution in [-0.4, -0.2) is 37.2 Å². The van der Waals surface area contributed by atoms with E-state index >= 15 is 0 Å². The maximum absolute atomic E-state index is 12.5. The summed E-state index contributed by atoms with van der Waals surface area (Å²) in [7, 11) is 0. The van der Waals surface area contributed by atoms with Gasteiger partial charge in [0.1, 0.15) is 13.2 Å². The Hall–Kier alpha value is -1.59.